The van der Waals surface area contributed by atoms with Gasteiger partial charge in [-0.3, -0.25) is 14.5 Å². The van der Waals surface area contributed by atoms with Crippen LogP contribution in [0.5, 0.6) is 0 Å². The van der Waals surface area contributed by atoms with Crippen LogP contribution in [0.4, 0.5) is 5.69 Å². The number of carbonyl (C=O) groups excluding carboxylic acids is 2. The van der Waals surface area contributed by atoms with Gasteiger partial charge in [-0.25, -0.2) is 4.90 Å². The van der Waals surface area contributed by atoms with Gasteiger partial charge in [-0.15, -0.1) is 0 Å². The average molecular weight is 320 g/mol. The molecule has 0 aromatic heterocycles. The van der Waals surface area contributed by atoms with E-state index in [1.165, 1.54) is 16.0 Å². The topological polar surface area (TPSA) is 40.6 Å². The van der Waals surface area contributed by atoms with Crippen molar-refractivity contribution in [2.24, 2.45) is 0 Å². The Morgan fingerprint density at radius 2 is 1.67 bits per heavy atom. The molecule has 0 saturated carbocycles. The second-order valence-corrected chi connectivity index (χ2v) is 6.56. The van der Waals surface area contributed by atoms with Gasteiger partial charge in [0.1, 0.15) is 0 Å². The number of para-hydroxylation sites is 1. The van der Waals surface area contributed by atoms with Crippen LogP contribution < -0.4 is 4.90 Å². The van der Waals surface area contributed by atoms with E-state index in [1.807, 2.05) is 37.3 Å². The molecule has 24 heavy (non-hydrogen) atoms. The maximum absolute atomic E-state index is 12.9. The highest BCUT2D eigenvalue weighted by Crippen LogP contribution is 2.30. The zero-order valence-corrected chi connectivity index (χ0v) is 13.7. The third kappa shape index (κ3) is 2.43. The Morgan fingerprint density at radius 3 is 2.46 bits per heavy atom. The van der Waals surface area contributed by atoms with E-state index < -0.39 is 0 Å². The summed E-state index contributed by atoms with van der Waals surface area (Å²) in [6.45, 7) is 3.49. The SMILES string of the molecule is Cc1ccccc1N1C(=O)CC(N2CCc3ccccc3C2)C1=O. The summed E-state index contributed by atoms with van der Waals surface area (Å²) in [7, 11) is 0. The van der Waals surface area contributed by atoms with E-state index in [-0.39, 0.29) is 24.3 Å². The molecule has 1 fully saturated rings. The van der Waals surface area contributed by atoms with Crippen molar-refractivity contribution in [3.63, 3.8) is 0 Å². The number of hydrogen-bond acceptors (Lipinski definition) is 3. The molecule has 0 bridgehead atoms. The second-order valence-electron chi connectivity index (χ2n) is 6.56. The van der Waals surface area contributed by atoms with Gasteiger partial charge in [0, 0.05) is 13.1 Å². The summed E-state index contributed by atoms with van der Waals surface area (Å²) in [4.78, 5) is 29.0. The highest BCUT2D eigenvalue weighted by molar-refractivity contribution is 6.22. The average Bonchev–Trinajstić information content (AvgIpc) is 2.90. The van der Waals surface area contributed by atoms with Gasteiger partial charge < -0.3 is 0 Å². The van der Waals surface area contributed by atoms with Gasteiger partial charge in [0.25, 0.3) is 5.91 Å². The fraction of sp³-hybridized carbons (Fsp3) is 0.300. The molecule has 122 valence electrons. The minimum absolute atomic E-state index is 0.0892. The molecule has 2 heterocycles. The van der Waals surface area contributed by atoms with E-state index in [0.29, 0.717) is 5.69 Å². The van der Waals surface area contributed by atoms with Crippen molar-refractivity contribution in [3.05, 3.63) is 65.2 Å². The molecule has 4 nitrogen and oxygen atoms in total. The molecule has 2 aromatic carbocycles. The van der Waals surface area contributed by atoms with Crippen LogP contribution in [0.3, 0.4) is 0 Å². The van der Waals surface area contributed by atoms with Gasteiger partial charge in [-0.2, -0.15) is 0 Å². The van der Waals surface area contributed by atoms with E-state index in [1.54, 1.807) is 0 Å². The Kier molecular flexibility index (Phi) is 3.69. The highest BCUT2D eigenvalue weighted by Gasteiger charge is 2.43. The molecule has 0 spiro atoms. The van der Waals surface area contributed by atoms with Gasteiger partial charge in [0.05, 0.1) is 18.2 Å². The summed E-state index contributed by atoms with van der Waals surface area (Å²) >= 11 is 0. The van der Waals surface area contributed by atoms with Crippen LogP contribution in [-0.4, -0.2) is 29.3 Å². The lowest BCUT2D eigenvalue weighted by Crippen LogP contribution is -2.44. The number of rotatable bonds is 2. The smallest absolute Gasteiger partial charge is 0.251 e. The van der Waals surface area contributed by atoms with E-state index in [4.69, 9.17) is 0 Å². The summed E-state index contributed by atoms with van der Waals surface area (Å²) in [6, 6.07) is 15.6. The Bertz CT molecular complexity index is 815. The Hall–Kier alpha value is -2.46. The molecule has 0 radical (unpaired) electrons. The molecule has 0 aliphatic carbocycles. The van der Waals surface area contributed by atoms with Gasteiger partial charge in [-0.05, 0) is 36.1 Å². The normalized spacial score (nSPS) is 21.2. The number of imide groups is 1. The molecule has 2 aromatic rings. The Balaban J connectivity index is 1.60. The minimum Gasteiger partial charge on any atom is -0.287 e. The number of anilines is 1. The van der Waals surface area contributed by atoms with E-state index in [9.17, 15) is 9.59 Å². The fourth-order valence-electron chi connectivity index (χ4n) is 3.75. The van der Waals surface area contributed by atoms with E-state index in [0.717, 1.165) is 25.1 Å². The molecular formula is C20H20N2O2. The van der Waals surface area contributed by atoms with E-state index >= 15 is 0 Å². The van der Waals surface area contributed by atoms with Crippen molar-refractivity contribution in [3.8, 4) is 0 Å². The molecule has 2 aliphatic heterocycles. The molecule has 4 rings (SSSR count). The lowest BCUT2D eigenvalue weighted by molar-refractivity contribution is -0.123. The van der Waals surface area contributed by atoms with Crippen molar-refractivity contribution in [2.45, 2.75) is 32.4 Å². The van der Waals surface area contributed by atoms with Crippen molar-refractivity contribution in [1.29, 1.82) is 0 Å². The maximum atomic E-state index is 12.9. The molecule has 4 heteroatoms. The van der Waals surface area contributed by atoms with Crippen LogP contribution in [-0.2, 0) is 22.6 Å². The van der Waals surface area contributed by atoms with Crippen LogP contribution in [0.25, 0.3) is 0 Å². The monoisotopic (exact) mass is 320 g/mol. The third-order valence-electron chi connectivity index (χ3n) is 5.08. The van der Waals surface area contributed by atoms with Crippen molar-refractivity contribution < 1.29 is 9.59 Å². The zero-order valence-electron chi connectivity index (χ0n) is 13.7. The number of benzene rings is 2. The first-order valence-corrected chi connectivity index (χ1v) is 8.38. The molecule has 1 unspecified atom stereocenters. The second kappa shape index (κ2) is 5.87. The molecule has 0 N–H and O–H groups in total. The number of fused-ring (bicyclic) bond motifs is 1. The molecule has 2 amide bonds. The third-order valence-corrected chi connectivity index (χ3v) is 5.08. The lowest BCUT2D eigenvalue weighted by atomic mass is 9.98. The Morgan fingerprint density at radius 1 is 0.958 bits per heavy atom. The minimum atomic E-state index is -0.342. The summed E-state index contributed by atoms with van der Waals surface area (Å²) in [5, 5.41) is 0. The maximum Gasteiger partial charge on any atom is 0.251 e. The van der Waals surface area contributed by atoms with Crippen molar-refractivity contribution in [2.75, 3.05) is 11.4 Å². The van der Waals surface area contributed by atoms with Crippen LogP contribution >= 0.6 is 0 Å². The molecular weight excluding hydrogens is 300 g/mol. The van der Waals surface area contributed by atoms with Crippen LogP contribution in [0.2, 0.25) is 0 Å². The molecule has 1 saturated heterocycles. The number of aryl methyl sites for hydroxylation is 1. The number of carbonyl (C=O) groups is 2. The summed E-state index contributed by atoms with van der Waals surface area (Å²) in [5.74, 6) is -0.188. The first-order valence-electron chi connectivity index (χ1n) is 8.38. The van der Waals surface area contributed by atoms with Crippen LogP contribution in [0.15, 0.2) is 48.5 Å². The van der Waals surface area contributed by atoms with Crippen molar-refractivity contribution >= 4 is 17.5 Å². The summed E-state index contributed by atoms with van der Waals surface area (Å²) in [6.07, 6.45) is 1.20. The zero-order chi connectivity index (χ0) is 16.7. The predicted molar refractivity (Wildman–Crippen MR) is 92.6 cm³/mol. The predicted octanol–water partition coefficient (Wildman–Crippen LogP) is 2.69. The standard InChI is InChI=1S/C20H20N2O2/c1-14-6-2-5-9-17(14)22-19(23)12-18(20(22)24)21-11-10-15-7-3-4-8-16(15)13-21/h2-9,18H,10-13H2,1H3. The van der Waals surface area contributed by atoms with Gasteiger partial charge in [-0.1, -0.05) is 42.5 Å². The van der Waals surface area contributed by atoms with E-state index in [2.05, 4.69) is 23.1 Å². The number of hydrogen-bond donors (Lipinski definition) is 0. The summed E-state index contributed by atoms with van der Waals surface area (Å²) < 4.78 is 0. The van der Waals surface area contributed by atoms with Gasteiger partial charge in [0.2, 0.25) is 5.91 Å². The van der Waals surface area contributed by atoms with Crippen molar-refractivity contribution in [1.82, 2.24) is 4.90 Å². The van der Waals surface area contributed by atoms with Gasteiger partial charge in [0.15, 0.2) is 0 Å². The summed E-state index contributed by atoms with van der Waals surface area (Å²) in [5.41, 5.74) is 4.27. The number of amides is 2. The largest absolute Gasteiger partial charge is 0.287 e. The first-order chi connectivity index (χ1) is 11.6. The van der Waals surface area contributed by atoms with Gasteiger partial charge >= 0.3 is 0 Å². The van der Waals surface area contributed by atoms with Crippen LogP contribution in [0, 0.1) is 6.92 Å². The van der Waals surface area contributed by atoms with Crippen LogP contribution in [0.1, 0.15) is 23.1 Å². The first kappa shape index (κ1) is 15.1. The Labute approximate surface area is 141 Å². The molecule has 2 aliphatic rings. The quantitative estimate of drug-likeness (QED) is 0.799. The molecule has 1 atom stereocenters. The fourth-order valence-corrected chi connectivity index (χ4v) is 3.75. The number of nitrogens with zero attached hydrogens (tertiary/aromatic N) is 2. The lowest BCUT2D eigenvalue weighted by Gasteiger charge is -2.32. The highest BCUT2D eigenvalue weighted by atomic mass is 16.2.